The van der Waals surface area contributed by atoms with Crippen molar-refractivity contribution in [3.05, 3.63) is 41.2 Å². The third kappa shape index (κ3) is 1.66. The van der Waals surface area contributed by atoms with E-state index in [-0.39, 0.29) is 0 Å². The molecule has 1 heterocycles. The second-order valence-electron chi connectivity index (χ2n) is 4.26. The monoisotopic (exact) mass is 214 g/mol. The van der Waals surface area contributed by atoms with Gasteiger partial charge < -0.3 is 5.73 Å². The van der Waals surface area contributed by atoms with Gasteiger partial charge in [0.1, 0.15) is 6.33 Å². The number of rotatable bonds is 2. The highest BCUT2D eigenvalue weighted by Crippen LogP contribution is 2.23. The minimum absolute atomic E-state index is 0.334. The Balaban J connectivity index is 1.85. The average Bonchev–Trinajstić information content (AvgIpc) is 2.87. The molecule has 0 unspecified atom stereocenters. The quantitative estimate of drug-likeness (QED) is 0.822. The van der Waals surface area contributed by atoms with Gasteiger partial charge in [-0.05, 0) is 36.0 Å². The number of aryl methyl sites for hydroxylation is 2. The normalized spacial score (nSPS) is 14.0. The van der Waals surface area contributed by atoms with Crippen LogP contribution in [0.4, 0.5) is 5.95 Å². The minimum Gasteiger partial charge on any atom is -0.367 e. The Hall–Kier alpha value is -1.84. The second-order valence-corrected chi connectivity index (χ2v) is 4.26. The Morgan fingerprint density at radius 3 is 2.94 bits per heavy atom. The number of hydrogen-bond acceptors (Lipinski definition) is 3. The molecule has 0 aliphatic heterocycles. The minimum atomic E-state index is 0.334. The summed E-state index contributed by atoms with van der Waals surface area (Å²) in [6.45, 7) is 0.748. The molecule has 2 N–H and O–H groups in total. The average molecular weight is 214 g/mol. The lowest BCUT2D eigenvalue weighted by Crippen LogP contribution is -2.01. The first-order valence-electron chi connectivity index (χ1n) is 5.57. The van der Waals surface area contributed by atoms with Gasteiger partial charge in [-0.2, -0.15) is 0 Å². The van der Waals surface area contributed by atoms with Crippen LogP contribution in [0.5, 0.6) is 0 Å². The van der Waals surface area contributed by atoms with Crippen molar-refractivity contribution in [1.82, 2.24) is 14.8 Å². The molecule has 2 aromatic rings. The lowest BCUT2D eigenvalue weighted by Gasteiger charge is -2.04. The molecule has 0 saturated carbocycles. The highest BCUT2D eigenvalue weighted by molar-refractivity contribution is 5.35. The van der Waals surface area contributed by atoms with Gasteiger partial charge in [-0.3, -0.25) is 0 Å². The number of benzene rings is 1. The second kappa shape index (κ2) is 3.63. The largest absolute Gasteiger partial charge is 0.367 e. The molecule has 1 aliphatic rings. The van der Waals surface area contributed by atoms with Gasteiger partial charge >= 0.3 is 0 Å². The van der Waals surface area contributed by atoms with E-state index in [0.29, 0.717) is 5.95 Å². The van der Waals surface area contributed by atoms with Crippen molar-refractivity contribution in [2.45, 2.75) is 25.8 Å². The van der Waals surface area contributed by atoms with Crippen LogP contribution < -0.4 is 5.73 Å². The smallest absolute Gasteiger partial charge is 0.239 e. The van der Waals surface area contributed by atoms with Crippen LogP contribution in [0.25, 0.3) is 0 Å². The van der Waals surface area contributed by atoms with Crippen LogP contribution in [0.3, 0.4) is 0 Å². The van der Waals surface area contributed by atoms with Gasteiger partial charge in [-0.1, -0.05) is 18.2 Å². The van der Waals surface area contributed by atoms with Crippen LogP contribution >= 0.6 is 0 Å². The zero-order valence-corrected chi connectivity index (χ0v) is 9.06. The maximum absolute atomic E-state index is 5.48. The molecule has 1 aromatic heterocycles. The third-order valence-electron chi connectivity index (χ3n) is 3.06. The van der Waals surface area contributed by atoms with Crippen molar-refractivity contribution in [2.75, 3.05) is 5.73 Å². The number of aromatic nitrogens is 3. The van der Waals surface area contributed by atoms with Crippen molar-refractivity contribution < 1.29 is 0 Å². The summed E-state index contributed by atoms with van der Waals surface area (Å²) in [5, 5.41) is 4.08. The highest BCUT2D eigenvalue weighted by Gasteiger charge is 2.10. The molecule has 4 nitrogen and oxygen atoms in total. The summed E-state index contributed by atoms with van der Waals surface area (Å²) in [7, 11) is 0. The van der Waals surface area contributed by atoms with E-state index < -0.39 is 0 Å². The van der Waals surface area contributed by atoms with Gasteiger partial charge in [0, 0.05) is 0 Å². The molecule has 0 atom stereocenters. The Bertz CT molecular complexity index is 515. The van der Waals surface area contributed by atoms with Crippen LogP contribution in [-0.4, -0.2) is 14.8 Å². The molecule has 16 heavy (non-hydrogen) atoms. The summed E-state index contributed by atoms with van der Waals surface area (Å²) < 4.78 is 1.77. The molecule has 82 valence electrons. The van der Waals surface area contributed by atoms with E-state index >= 15 is 0 Å². The number of nitrogen functional groups attached to an aromatic ring is 1. The summed E-state index contributed by atoms with van der Waals surface area (Å²) in [5.74, 6) is 0.334. The van der Waals surface area contributed by atoms with E-state index in [4.69, 9.17) is 5.73 Å². The summed E-state index contributed by atoms with van der Waals surface area (Å²) in [5.41, 5.74) is 9.74. The van der Waals surface area contributed by atoms with Gasteiger partial charge in [0.25, 0.3) is 0 Å². The van der Waals surface area contributed by atoms with Gasteiger partial charge in [-0.25, -0.2) is 9.67 Å². The zero-order chi connectivity index (χ0) is 11.0. The molecule has 0 bridgehead atoms. The summed E-state index contributed by atoms with van der Waals surface area (Å²) >= 11 is 0. The van der Waals surface area contributed by atoms with E-state index in [2.05, 4.69) is 28.3 Å². The maximum atomic E-state index is 5.48. The number of anilines is 1. The predicted octanol–water partition coefficient (Wildman–Crippen LogP) is 1.40. The molecule has 3 rings (SSSR count). The van der Waals surface area contributed by atoms with E-state index in [0.717, 1.165) is 6.54 Å². The van der Waals surface area contributed by atoms with Crippen molar-refractivity contribution in [3.63, 3.8) is 0 Å². The zero-order valence-electron chi connectivity index (χ0n) is 9.06. The standard InChI is InChI=1S/C12H14N4/c13-12-14-8-16(15-12)7-9-4-5-10-2-1-3-11(10)6-9/h4-6,8H,1-3,7H2,(H2,13,15). The van der Waals surface area contributed by atoms with Gasteiger partial charge in [0.15, 0.2) is 0 Å². The van der Waals surface area contributed by atoms with E-state index in [1.165, 1.54) is 36.0 Å². The van der Waals surface area contributed by atoms with Gasteiger partial charge in [-0.15, -0.1) is 5.10 Å². The first-order valence-corrected chi connectivity index (χ1v) is 5.57. The first kappa shape index (κ1) is 9.39. The van der Waals surface area contributed by atoms with E-state index in [1.807, 2.05) is 0 Å². The fourth-order valence-corrected chi connectivity index (χ4v) is 2.30. The van der Waals surface area contributed by atoms with Crippen LogP contribution in [0, 0.1) is 0 Å². The molecule has 0 fully saturated rings. The Morgan fingerprint density at radius 2 is 2.12 bits per heavy atom. The van der Waals surface area contributed by atoms with E-state index in [9.17, 15) is 0 Å². The molecular weight excluding hydrogens is 200 g/mol. The molecule has 4 heteroatoms. The van der Waals surface area contributed by atoms with Gasteiger partial charge in [0.05, 0.1) is 6.54 Å². The lowest BCUT2D eigenvalue weighted by atomic mass is 10.1. The Labute approximate surface area is 94.1 Å². The molecule has 0 amide bonds. The fourth-order valence-electron chi connectivity index (χ4n) is 2.30. The first-order chi connectivity index (χ1) is 7.81. The molecule has 1 aromatic carbocycles. The topological polar surface area (TPSA) is 56.7 Å². The molecular formula is C12H14N4. The Morgan fingerprint density at radius 1 is 1.25 bits per heavy atom. The number of nitrogens with two attached hydrogens (primary N) is 1. The molecule has 1 aliphatic carbocycles. The van der Waals surface area contributed by atoms with Crippen molar-refractivity contribution in [2.24, 2.45) is 0 Å². The summed E-state index contributed by atoms with van der Waals surface area (Å²) in [6, 6.07) is 6.68. The SMILES string of the molecule is Nc1ncn(Cc2ccc3c(c2)CCC3)n1. The molecule has 0 saturated heterocycles. The van der Waals surface area contributed by atoms with Crippen molar-refractivity contribution in [3.8, 4) is 0 Å². The lowest BCUT2D eigenvalue weighted by molar-refractivity contribution is 0.687. The van der Waals surface area contributed by atoms with E-state index in [1.54, 1.807) is 11.0 Å². The molecule has 0 spiro atoms. The summed E-state index contributed by atoms with van der Waals surface area (Å²) in [4.78, 5) is 3.91. The van der Waals surface area contributed by atoms with Gasteiger partial charge in [0.2, 0.25) is 5.95 Å². The number of nitrogens with zero attached hydrogens (tertiary/aromatic N) is 3. The van der Waals surface area contributed by atoms with Crippen LogP contribution in [0.15, 0.2) is 24.5 Å². The van der Waals surface area contributed by atoms with Crippen molar-refractivity contribution >= 4 is 5.95 Å². The number of fused-ring (bicyclic) bond motifs is 1. The van der Waals surface area contributed by atoms with Crippen molar-refractivity contribution in [1.29, 1.82) is 0 Å². The summed E-state index contributed by atoms with van der Waals surface area (Å²) in [6.07, 6.45) is 5.40. The Kier molecular flexibility index (Phi) is 2.13. The maximum Gasteiger partial charge on any atom is 0.239 e. The predicted molar refractivity (Wildman–Crippen MR) is 62.0 cm³/mol. The van der Waals surface area contributed by atoms with Crippen LogP contribution in [-0.2, 0) is 19.4 Å². The number of hydrogen-bond donors (Lipinski definition) is 1. The third-order valence-corrected chi connectivity index (χ3v) is 3.06. The fraction of sp³-hybridized carbons (Fsp3) is 0.333. The highest BCUT2D eigenvalue weighted by atomic mass is 15.3. The molecule has 0 radical (unpaired) electrons. The van der Waals surface area contributed by atoms with Crippen LogP contribution in [0.2, 0.25) is 0 Å². The van der Waals surface area contributed by atoms with Crippen LogP contribution in [0.1, 0.15) is 23.1 Å².